The minimum Gasteiger partial charge on any atom is -0.373 e. The normalized spacial score (nSPS) is 19.3. The number of ketones is 1. The Morgan fingerprint density at radius 1 is 1.42 bits per heavy atom. The number of morpholine rings is 1. The van der Waals surface area contributed by atoms with Crippen molar-refractivity contribution in [1.82, 2.24) is 4.90 Å². The smallest absolute Gasteiger partial charge is 0.165 e. The zero-order valence-electron chi connectivity index (χ0n) is 11.5. The lowest BCUT2D eigenvalue weighted by atomic mass is 10.1. The Balaban J connectivity index is 1.89. The van der Waals surface area contributed by atoms with Gasteiger partial charge in [0, 0.05) is 31.6 Å². The highest BCUT2D eigenvalue weighted by atomic mass is 35.5. The number of benzene rings is 1. The van der Waals surface area contributed by atoms with Crippen LogP contribution < -0.4 is 0 Å². The van der Waals surface area contributed by atoms with Gasteiger partial charge in [-0.25, -0.2) is 0 Å². The lowest BCUT2D eigenvalue weighted by molar-refractivity contribution is -0.0855. The molecule has 0 unspecified atom stereocenters. The minimum absolute atomic E-state index is 0.106. The summed E-state index contributed by atoms with van der Waals surface area (Å²) in [5, 5.41) is 0.537. The van der Waals surface area contributed by atoms with Crippen molar-refractivity contribution in [3.63, 3.8) is 0 Å². The molecule has 0 aliphatic carbocycles. The number of Topliss-reactive ketones (excluding diaryl/α,β-unsaturated/α-hetero) is 1. The van der Waals surface area contributed by atoms with E-state index in [0.29, 0.717) is 17.0 Å². The molecule has 1 fully saturated rings. The number of halogens is 1. The summed E-state index contributed by atoms with van der Waals surface area (Å²) in [5.41, 5.74) is 0.503. The fourth-order valence-corrected chi connectivity index (χ4v) is 2.63. The Kier molecular flexibility index (Phi) is 4.61. The molecular weight excluding hydrogens is 262 g/mol. The van der Waals surface area contributed by atoms with Gasteiger partial charge in [-0.1, -0.05) is 23.7 Å². The Morgan fingerprint density at radius 2 is 2.16 bits per heavy atom. The Morgan fingerprint density at radius 3 is 2.84 bits per heavy atom. The summed E-state index contributed by atoms with van der Waals surface area (Å²) in [4.78, 5) is 14.4. The molecule has 0 atom stereocenters. The average molecular weight is 282 g/mol. The fourth-order valence-electron chi connectivity index (χ4n) is 2.39. The first kappa shape index (κ1) is 14.5. The van der Waals surface area contributed by atoms with Gasteiger partial charge in [0.1, 0.15) is 0 Å². The quantitative estimate of drug-likeness (QED) is 0.795. The molecule has 0 spiro atoms. The molecule has 3 nitrogen and oxygen atoms in total. The summed E-state index contributed by atoms with van der Waals surface area (Å²) >= 11 is 6.03. The van der Waals surface area contributed by atoms with Crippen LogP contribution in [0, 0.1) is 0 Å². The first-order chi connectivity index (χ1) is 8.98. The van der Waals surface area contributed by atoms with Gasteiger partial charge in [-0.05, 0) is 26.0 Å². The van der Waals surface area contributed by atoms with Crippen LogP contribution in [0.25, 0.3) is 0 Å². The third-order valence-electron chi connectivity index (χ3n) is 3.33. The van der Waals surface area contributed by atoms with Crippen molar-refractivity contribution in [1.29, 1.82) is 0 Å². The molecule has 4 heteroatoms. The van der Waals surface area contributed by atoms with E-state index in [1.54, 1.807) is 12.1 Å². The maximum atomic E-state index is 12.1. The van der Waals surface area contributed by atoms with Gasteiger partial charge in [0.15, 0.2) is 5.78 Å². The Labute approximate surface area is 119 Å². The summed E-state index contributed by atoms with van der Waals surface area (Å²) in [7, 11) is 0. The maximum Gasteiger partial charge on any atom is 0.165 e. The number of carbonyl (C=O) groups is 1. The molecule has 0 saturated carbocycles. The standard InChI is InChI=1S/C15H20ClNO2/c1-15(2)11-17(9-10-19-15)8-7-14(18)12-5-3-4-6-13(12)16/h3-6H,7-11H2,1-2H3. The molecule has 0 amide bonds. The van der Waals surface area contributed by atoms with E-state index >= 15 is 0 Å². The van der Waals surface area contributed by atoms with Crippen molar-refractivity contribution >= 4 is 17.4 Å². The Hall–Kier alpha value is -0.900. The molecule has 104 valence electrons. The van der Waals surface area contributed by atoms with Gasteiger partial charge in [0.2, 0.25) is 0 Å². The molecular formula is C15H20ClNO2. The van der Waals surface area contributed by atoms with E-state index in [0.717, 1.165) is 26.2 Å². The van der Waals surface area contributed by atoms with E-state index < -0.39 is 0 Å². The van der Waals surface area contributed by atoms with Crippen molar-refractivity contribution in [2.75, 3.05) is 26.2 Å². The van der Waals surface area contributed by atoms with Crippen LogP contribution in [0.15, 0.2) is 24.3 Å². The van der Waals surface area contributed by atoms with E-state index in [1.165, 1.54) is 0 Å². The van der Waals surface area contributed by atoms with Crippen LogP contribution in [0.5, 0.6) is 0 Å². The van der Waals surface area contributed by atoms with E-state index in [2.05, 4.69) is 18.7 Å². The third kappa shape index (κ3) is 4.03. The van der Waals surface area contributed by atoms with Gasteiger partial charge in [0.05, 0.1) is 17.2 Å². The van der Waals surface area contributed by atoms with Crippen molar-refractivity contribution in [3.05, 3.63) is 34.9 Å². The van der Waals surface area contributed by atoms with Crippen LogP contribution in [0.1, 0.15) is 30.6 Å². The zero-order chi connectivity index (χ0) is 13.9. The molecule has 0 bridgehead atoms. The van der Waals surface area contributed by atoms with Crippen molar-refractivity contribution in [2.24, 2.45) is 0 Å². The van der Waals surface area contributed by atoms with Crippen LogP contribution in [0.4, 0.5) is 0 Å². The summed E-state index contributed by atoms with van der Waals surface area (Å²) in [6.07, 6.45) is 0.500. The summed E-state index contributed by atoms with van der Waals surface area (Å²) < 4.78 is 5.66. The molecule has 1 saturated heterocycles. The molecule has 0 N–H and O–H groups in total. The fraction of sp³-hybridized carbons (Fsp3) is 0.533. The highest BCUT2D eigenvalue weighted by Crippen LogP contribution is 2.19. The molecule has 2 rings (SSSR count). The largest absolute Gasteiger partial charge is 0.373 e. The van der Waals surface area contributed by atoms with Crippen molar-refractivity contribution < 1.29 is 9.53 Å². The molecule has 1 heterocycles. The van der Waals surface area contributed by atoms with Crippen LogP contribution in [-0.2, 0) is 4.74 Å². The second kappa shape index (κ2) is 6.04. The molecule has 0 aromatic heterocycles. The lowest BCUT2D eigenvalue weighted by Crippen LogP contribution is -2.48. The first-order valence-corrected chi connectivity index (χ1v) is 7.00. The highest BCUT2D eigenvalue weighted by molar-refractivity contribution is 6.33. The predicted molar refractivity (Wildman–Crippen MR) is 76.9 cm³/mol. The molecule has 1 aromatic carbocycles. The van der Waals surface area contributed by atoms with Crippen molar-refractivity contribution in [2.45, 2.75) is 25.9 Å². The summed E-state index contributed by atoms with van der Waals surface area (Å²) in [6.45, 7) is 7.40. The van der Waals surface area contributed by atoms with E-state index in [1.807, 2.05) is 12.1 Å². The van der Waals surface area contributed by atoms with Crippen LogP contribution >= 0.6 is 11.6 Å². The third-order valence-corrected chi connectivity index (χ3v) is 3.66. The number of rotatable bonds is 4. The highest BCUT2D eigenvalue weighted by Gasteiger charge is 2.27. The van der Waals surface area contributed by atoms with E-state index in [-0.39, 0.29) is 11.4 Å². The number of ether oxygens (including phenoxy) is 1. The number of nitrogens with zero attached hydrogens (tertiary/aromatic N) is 1. The van der Waals surface area contributed by atoms with Crippen molar-refractivity contribution in [3.8, 4) is 0 Å². The minimum atomic E-state index is -0.119. The van der Waals surface area contributed by atoms with Gasteiger partial charge >= 0.3 is 0 Å². The summed E-state index contributed by atoms with van der Waals surface area (Å²) in [5.74, 6) is 0.106. The number of hydrogen-bond acceptors (Lipinski definition) is 3. The molecule has 0 radical (unpaired) electrons. The van der Waals surface area contributed by atoms with Gasteiger partial charge in [-0.15, -0.1) is 0 Å². The lowest BCUT2D eigenvalue weighted by Gasteiger charge is -2.38. The van der Waals surface area contributed by atoms with Gasteiger partial charge in [0.25, 0.3) is 0 Å². The molecule has 1 aliphatic heterocycles. The molecule has 1 aromatic rings. The van der Waals surface area contributed by atoms with Gasteiger partial charge in [-0.2, -0.15) is 0 Å². The first-order valence-electron chi connectivity index (χ1n) is 6.62. The monoisotopic (exact) mass is 281 g/mol. The SMILES string of the molecule is CC1(C)CN(CCC(=O)c2ccccc2Cl)CCO1. The molecule has 1 aliphatic rings. The van der Waals surface area contributed by atoms with Gasteiger partial charge < -0.3 is 4.74 Å². The number of carbonyl (C=O) groups excluding carboxylic acids is 1. The second-order valence-corrected chi connectivity index (χ2v) is 5.94. The van der Waals surface area contributed by atoms with Crippen LogP contribution in [0.2, 0.25) is 5.02 Å². The number of hydrogen-bond donors (Lipinski definition) is 0. The van der Waals surface area contributed by atoms with Crippen LogP contribution in [0.3, 0.4) is 0 Å². The van der Waals surface area contributed by atoms with Crippen LogP contribution in [-0.4, -0.2) is 42.5 Å². The second-order valence-electron chi connectivity index (χ2n) is 5.54. The Bertz CT molecular complexity index is 459. The van der Waals surface area contributed by atoms with Gasteiger partial charge in [-0.3, -0.25) is 9.69 Å². The zero-order valence-corrected chi connectivity index (χ0v) is 12.2. The van der Waals surface area contributed by atoms with E-state index in [4.69, 9.17) is 16.3 Å². The van der Waals surface area contributed by atoms with E-state index in [9.17, 15) is 4.79 Å². The average Bonchev–Trinajstić information content (AvgIpc) is 2.35. The predicted octanol–water partition coefficient (Wildman–Crippen LogP) is 3.02. The topological polar surface area (TPSA) is 29.5 Å². The maximum absolute atomic E-state index is 12.1. The molecule has 19 heavy (non-hydrogen) atoms. The summed E-state index contributed by atoms with van der Waals surface area (Å²) in [6, 6.07) is 7.22.